The van der Waals surface area contributed by atoms with Gasteiger partial charge >= 0.3 is 0 Å². The Morgan fingerprint density at radius 1 is 1.07 bits per heavy atom. The fourth-order valence-electron chi connectivity index (χ4n) is 3.56. The fourth-order valence-corrected chi connectivity index (χ4v) is 3.56. The second-order valence-corrected chi connectivity index (χ2v) is 7.95. The molecule has 0 aliphatic carbocycles. The summed E-state index contributed by atoms with van der Waals surface area (Å²) in [6, 6.07) is 15.7. The molecule has 0 aliphatic rings. The Morgan fingerprint density at radius 2 is 1.76 bits per heavy atom. The number of aromatic amines is 1. The molecule has 0 spiro atoms. The van der Waals surface area contributed by atoms with Crippen molar-refractivity contribution in [1.29, 1.82) is 0 Å². The highest BCUT2D eigenvalue weighted by Gasteiger charge is 2.20. The average Bonchev–Trinajstić information content (AvgIpc) is 3.16. The summed E-state index contributed by atoms with van der Waals surface area (Å²) in [4.78, 5) is 23.3. The predicted molar refractivity (Wildman–Crippen MR) is 119 cm³/mol. The number of aromatic nitrogens is 2. The molecule has 0 bridgehead atoms. The van der Waals surface area contributed by atoms with Gasteiger partial charge in [-0.05, 0) is 55.3 Å². The van der Waals surface area contributed by atoms with E-state index < -0.39 is 0 Å². The van der Waals surface area contributed by atoms with Crippen LogP contribution < -0.4 is 5.32 Å². The maximum Gasteiger partial charge on any atom is 0.251 e. The monoisotopic (exact) mass is 392 g/mol. The Morgan fingerprint density at radius 3 is 2.38 bits per heavy atom. The van der Waals surface area contributed by atoms with E-state index in [9.17, 15) is 4.79 Å². The number of nitrogens with one attached hydrogen (secondary N) is 2. The number of carbonyl (C=O) groups excluding carboxylic acids is 1. The van der Waals surface area contributed by atoms with Crippen LogP contribution in [0.1, 0.15) is 61.9 Å². The molecule has 3 aromatic rings. The number of nitrogens with zero attached hydrogens (tertiary/aromatic N) is 2. The van der Waals surface area contributed by atoms with Crippen molar-refractivity contribution in [2.45, 2.75) is 46.7 Å². The van der Waals surface area contributed by atoms with E-state index in [-0.39, 0.29) is 11.9 Å². The van der Waals surface area contributed by atoms with Gasteiger partial charge in [-0.25, -0.2) is 4.98 Å². The molecule has 0 aliphatic heterocycles. The van der Waals surface area contributed by atoms with Crippen LogP contribution in [0.3, 0.4) is 0 Å². The second kappa shape index (κ2) is 9.70. The van der Waals surface area contributed by atoms with E-state index in [0.717, 1.165) is 42.9 Å². The normalized spacial score (nSPS) is 12.6. The zero-order valence-corrected chi connectivity index (χ0v) is 17.9. The average molecular weight is 393 g/mol. The van der Waals surface area contributed by atoms with Crippen LogP contribution in [0, 0.1) is 5.92 Å². The van der Waals surface area contributed by atoms with Crippen LogP contribution in [-0.4, -0.2) is 33.9 Å². The van der Waals surface area contributed by atoms with Crippen LogP contribution in [0.2, 0.25) is 0 Å². The van der Waals surface area contributed by atoms with Crippen molar-refractivity contribution in [2.24, 2.45) is 5.92 Å². The van der Waals surface area contributed by atoms with Gasteiger partial charge in [0.2, 0.25) is 0 Å². The van der Waals surface area contributed by atoms with Gasteiger partial charge in [0.25, 0.3) is 5.91 Å². The molecular weight excluding hydrogens is 360 g/mol. The van der Waals surface area contributed by atoms with E-state index >= 15 is 0 Å². The summed E-state index contributed by atoms with van der Waals surface area (Å²) in [5, 5.41) is 3.18. The molecule has 5 heteroatoms. The molecule has 1 amide bonds. The number of fused-ring (bicyclic) bond motifs is 1. The minimum absolute atomic E-state index is 0.0644. The summed E-state index contributed by atoms with van der Waals surface area (Å²) in [6.45, 7) is 11.6. The lowest BCUT2D eigenvalue weighted by Crippen LogP contribution is -2.30. The first-order chi connectivity index (χ1) is 14.0. The number of imidazole rings is 1. The first-order valence-electron chi connectivity index (χ1n) is 10.6. The van der Waals surface area contributed by atoms with Gasteiger partial charge in [0.1, 0.15) is 5.82 Å². The minimum Gasteiger partial charge on any atom is -0.342 e. The Labute approximate surface area is 173 Å². The van der Waals surface area contributed by atoms with Crippen LogP contribution in [0.4, 0.5) is 0 Å². The third-order valence-corrected chi connectivity index (χ3v) is 5.27. The van der Waals surface area contributed by atoms with Gasteiger partial charge in [0.15, 0.2) is 0 Å². The van der Waals surface area contributed by atoms with Gasteiger partial charge in [0, 0.05) is 12.1 Å². The van der Waals surface area contributed by atoms with Crippen LogP contribution in [0.5, 0.6) is 0 Å². The number of H-pyrrole nitrogens is 1. The molecule has 0 radical (unpaired) electrons. The molecule has 1 unspecified atom stereocenters. The molecule has 5 nitrogen and oxygen atoms in total. The molecular formula is C24H32N4O. The van der Waals surface area contributed by atoms with Gasteiger partial charge in [-0.3, -0.25) is 9.69 Å². The van der Waals surface area contributed by atoms with Crippen molar-refractivity contribution >= 4 is 16.9 Å². The Balaban J connectivity index is 1.74. The summed E-state index contributed by atoms with van der Waals surface area (Å²) in [5.74, 6) is 1.18. The molecule has 2 N–H and O–H groups in total. The van der Waals surface area contributed by atoms with Crippen molar-refractivity contribution in [3.63, 3.8) is 0 Å². The third-order valence-electron chi connectivity index (χ3n) is 5.27. The Bertz CT molecular complexity index is 892. The first-order valence-corrected chi connectivity index (χ1v) is 10.6. The number of amides is 1. The van der Waals surface area contributed by atoms with Crippen LogP contribution in [-0.2, 0) is 6.54 Å². The molecule has 0 saturated carbocycles. The van der Waals surface area contributed by atoms with Crippen LogP contribution in [0.15, 0.2) is 48.5 Å². The van der Waals surface area contributed by atoms with Crippen LogP contribution in [0.25, 0.3) is 11.0 Å². The topological polar surface area (TPSA) is 61.0 Å². The smallest absolute Gasteiger partial charge is 0.251 e. The van der Waals surface area contributed by atoms with E-state index in [1.807, 2.05) is 48.5 Å². The standard InChI is InChI=1S/C24H32N4O/c1-5-28(6-2)16-18-11-13-19(14-12-18)24(29)27-22(15-17(3)4)23-25-20-9-7-8-10-21(20)26-23/h7-14,17,22H,5-6,15-16H2,1-4H3,(H,25,26)(H,27,29). The van der Waals surface area contributed by atoms with Gasteiger partial charge in [-0.2, -0.15) is 0 Å². The third kappa shape index (κ3) is 5.45. The van der Waals surface area contributed by atoms with E-state index in [4.69, 9.17) is 4.98 Å². The molecule has 0 fully saturated rings. The maximum absolute atomic E-state index is 12.9. The highest BCUT2D eigenvalue weighted by Crippen LogP contribution is 2.22. The van der Waals surface area contributed by atoms with Crippen molar-refractivity contribution in [3.05, 3.63) is 65.5 Å². The Hall–Kier alpha value is -2.66. The summed E-state index contributed by atoms with van der Waals surface area (Å²) < 4.78 is 0. The summed E-state index contributed by atoms with van der Waals surface area (Å²) in [7, 11) is 0. The van der Waals surface area contributed by atoms with Crippen molar-refractivity contribution in [1.82, 2.24) is 20.2 Å². The number of hydrogen-bond acceptors (Lipinski definition) is 3. The van der Waals surface area contributed by atoms with Crippen molar-refractivity contribution in [3.8, 4) is 0 Å². The molecule has 1 heterocycles. The van der Waals surface area contributed by atoms with Gasteiger partial charge in [-0.15, -0.1) is 0 Å². The highest BCUT2D eigenvalue weighted by molar-refractivity contribution is 5.94. The highest BCUT2D eigenvalue weighted by atomic mass is 16.1. The zero-order valence-electron chi connectivity index (χ0n) is 17.9. The lowest BCUT2D eigenvalue weighted by Gasteiger charge is -2.20. The minimum atomic E-state index is -0.148. The van der Waals surface area contributed by atoms with Crippen LogP contribution >= 0.6 is 0 Å². The number of para-hydroxylation sites is 2. The molecule has 3 rings (SSSR count). The maximum atomic E-state index is 12.9. The SMILES string of the molecule is CCN(CC)Cc1ccc(C(=O)NC(CC(C)C)c2nc3ccccc3[nH]2)cc1. The number of benzene rings is 2. The van der Waals surface area contributed by atoms with Gasteiger partial charge in [-0.1, -0.05) is 52.0 Å². The molecule has 1 atom stereocenters. The molecule has 154 valence electrons. The van der Waals surface area contributed by atoms with Crippen molar-refractivity contribution in [2.75, 3.05) is 13.1 Å². The van der Waals surface area contributed by atoms with Gasteiger partial charge < -0.3 is 10.3 Å². The van der Waals surface area contributed by atoms with E-state index in [0.29, 0.717) is 11.5 Å². The largest absolute Gasteiger partial charge is 0.342 e. The molecule has 0 saturated heterocycles. The van der Waals surface area contributed by atoms with E-state index in [2.05, 4.69) is 42.9 Å². The number of carbonyl (C=O) groups is 1. The first kappa shape index (κ1) is 21.1. The summed E-state index contributed by atoms with van der Waals surface area (Å²) >= 11 is 0. The zero-order chi connectivity index (χ0) is 20.8. The van der Waals surface area contributed by atoms with Crippen molar-refractivity contribution < 1.29 is 4.79 Å². The lowest BCUT2D eigenvalue weighted by molar-refractivity contribution is 0.0930. The molecule has 2 aromatic carbocycles. The lowest BCUT2D eigenvalue weighted by atomic mass is 10.0. The number of rotatable bonds is 9. The quantitative estimate of drug-likeness (QED) is 0.543. The fraction of sp³-hybridized carbons (Fsp3) is 0.417. The number of hydrogen-bond donors (Lipinski definition) is 2. The predicted octanol–water partition coefficient (Wildman–Crippen LogP) is 4.92. The van der Waals surface area contributed by atoms with Gasteiger partial charge in [0.05, 0.1) is 17.1 Å². The summed E-state index contributed by atoms with van der Waals surface area (Å²) in [6.07, 6.45) is 0.825. The Kier molecular flexibility index (Phi) is 7.04. The summed E-state index contributed by atoms with van der Waals surface area (Å²) in [5.41, 5.74) is 3.82. The molecule has 29 heavy (non-hydrogen) atoms. The van der Waals surface area contributed by atoms with E-state index in [1.54, 1.807) is 0 Å². The second-order valence-electron chi connectivity index (χ2n) is 7.95. The molecule has 1 aromatic heterocycles. The van der Waals surface area contributed by atoms with E-state index in [1.165, 1.54) is 5.56 Å².